The highest BCUT2D eigenvalue weighted by Gasteiger charge is 2.08. The number of allylic oxidation sites excluding steroid dienone is 1. The number of benzene rings is 1. The van der Waals surface area contributed by atoms with E-state index in [2.05, 4.69) is 4.99 Å². The zero-order chi connectivity index (χ0) is 12.3. The Morgan fingerprint density at radius 1 is 1.18 bits per heavy atom. The van der Waals surface area contributed by atoms with Crippen molar-refractivity contribution in [3.8, 4) is 11.5 Å². The average molecular weight is 265 g/mol. The lowest BCUT2D eigenvalue weighted by atomic mass is 10.2. The predicted molar refractivity (Wildman–Crippen MR) is 76.2 cm³/mol. The molecule has 0 unspecified atom stereocenters. The average Bonchev–Trinajstić information content (AvgIpc) is 2.74. The zero-order valence-corrected chi connectivity index (χ0v) is 11.1. The Kier molecular flexibility index (Phi) is 3.81. The molecule has 0 atom stereocenters. The molecule has 0 aromatic heterocycles. The van der Waals surface area contributed by atoms with Crippen LogP contribution in [0.25, 0.3) is 6.08 Å². The summed E-state index contributed by atoms with van der Waals surface area (Å²) in [6.45, 7) is 0. The third-order valence-electron chi connectivity index (χ3n) is 2.19. The van der Waals surface area contributed by atoms with E-state index in [1.165, 1.54) is 11.8 Å². The lowest BCUT2D eigenvalue weighted by molar-refractivity contribution is 0.394. The molecule has 0 aliphatic carbocycles. The van der Waals surface area contributed by atoms with Crippen molar-refractivity contribution in [1.29, 1.82) is 0 Å². The van der Waals surface area contributed by atoms with Gasteiger partial charge < -0.3 is 9.47 Å². The third kappa shape index (κ3) is 3.08. The Hall–Kier alpha value is -1.33. The number of hydrogen-bond acceptors (Lipinski definition) is 4. The number of hydrogen-bond donors (Lipinski definition) is 0. The first-order chi connectivity index (χ1) is 8.21. The summed E-state index contributed by atoms with van der Waals surface area (Å²) in [5, 5.41) is 0. The molecule has 0 amide bonds. The van der Waals surface area contributed by atoms with Gasteiger partial charge in [-0.05, 0) is 23.8 Å². The van der Waals surface area contributed by atoms with E-state index < -0.39 is 0 Å². The third-order valence-corrected chi connectivity index (χ3v) is 3.28. The Labute approximate surface area is 110 Å². The number of methoxy groups -OCH3 is 2. The maximum atomic E-state index is 5.21. The minimum atomic E-state index is 0.645. The Morgan fingerprint density at radius 2 is 1.82 bits per heavy atom. The van der Waals surface area contributed by atoms with Crippen LogP contribution in [0, 0.1) is 0 Å². The van der Waals surface area contributed by atoms with Crippen LogP contribution >= 0.6 is 24.0 Å². The summed E-state index contributed by atoms with van der Waals surface area (Å²) in [4.78, 5) is 5.06. The van der Waals surface area contributed by atoms with Crippen LogP contribution in [0.4, 0.5) is 0 Å². The zero-order valence-electron chi connectivity index (χ0n) is 9.47. The maximum Gasteiger partial charge on any atom is 0.164 e. The van der Waals surface area contributed by atoms with Gasteiger partial charge in [0.05, 0.1) is 14.2 Å². The van der Waals surface area contributed by atoms with Gasteiger partial charge in [-0.15, -0.1) is 0 Å². The number of rotatable bonds is 3. The van der Waals surface area contributed by atoms with Crippen LogP contribution in [0.5, 0.6) is 11.5 Å². The van der Waals surface area contributed by atoms with E-state index in [1.54, 1.807) is 20.4 Å². The molecular formula is C12H11NO2S2. The molecule has 0 saturated carbocycles. The second kappa shape index (κ2) is 5.33. The van der Waals surface area contributed by atoms with Crippen molar-refractivity contribution in [2.24, 2.45) is 4.99 Å². The van der Waals surface area contributed by atoms with E-state index in [9.17, 15) is 0 Å². The largest absolute Gasteiger partial charge is 0.497 e. The van der Waals surface area contributed by atoms with E-state index in [0.29, 0.717) is 4.32 Å². The fourth-order valence-corrected chi connectivity index (χ4v) is 2.36. The molecule has 17 heavy (non-hydrogen) atoms. The maximum absolute atomic E-state index is 5.21. The summed E-state index contributed by atoms with van der Waals surface area (Å²) in [5.41, 5.74) is 1.000. The van der Waals surface area contributed by atoms with E-state index in [-0.39, 0.29) is 0 Å². The fourth-order valence-electron chi connectivity index (χ4n) is 1.41. The quantitative estimate of drug-likeness (QED) is 0.786. The van der Waals surface area contributed by atoms with Crippen LogP contribution in [0.1, 0.15) is 5.56 Å². The number of thiocarbonyl (C=S) groups is 1. The van der Waals surface area contributed by atoms with E-state index >= 15 is 0 Å². The summed E-state index contributed by atoms with van der Waals surface area (Å²) >= 11 is 6.46. The standard InChI is InChI=1S/C12H11NO2S2/c1-14-9-3-8(4-10(6-9)15-2)5-11-7-13-12(16)17-11/h3-7H,1-2H3. The molecule has 0 bridgehead atoms. The minimum Gasteiger partial charge on any atom is -0.497 e. The van der Waals surface area contributed by atoms with E-state index in [4.69, 9.17) is 21.7 Å². The van der Waals surface area contributed by atoms with Crippen LogP contribution in [0.3, 0.4) is 0 Å². The molecule has 3 nitrogen and oxygen atoms in total. The number of ether oxygens (including phenoxy) is 2. The second-order valence-corrected chi connectivity index (χ2v) is 5.03. The summed E-state index contributed by atoms with van der Waals surface area (Å²) in [5.74, 6) is 1.53. The lowest BCUT2D eigenvalue weighted by Gasteiger charge is -2.06. The van der Waals surface area contributed by atoms with Gasteiger partial charge in [0.1, 0.15) is 11.5 Å². The summed E-state index contributed by atoms with van der Waals surface area (Å²) in [6.07, 6.45) is 3.76. The van der Waals surface area contributed by atoms with Crippen LogP contribution in [-0.4, -0.2) is 24.8 Å². The Balaban J connectivity index is 2.32. The van der Waals surface area contributed by atoms with Crippen molar-refractivity contribution in [1.82, 2.24) is 0 Å². The highest BCUT2D eigenvalue weighted by molar-refractivity contribution is 8.26. The molecule has 0 radical (unpaired) electrons. The molecular weight excluding hydrogens is 254 g/mol. The van der Waals surface area contributed by atoms with Crippen LogP contribution < -0.4 is 9.47 Å². The van der Waals surface area contributed by atoms with Crippen molar-refractivity contribution in [3.63, 3.8) is 0 Å². The van der Waals surface area contributed by atoms with Gasteiger partial charge in [-0.3, -0.25) is 0 Å². The van der Waals surface area contributed by atoms with Crippen molar-refractivity contribution < 1.29 is 9.47 Å². The van der Waals surface area contributed by atoms with Crippen LogP contribution in [0.2, 0.25) is 0 Å². The van der Waals surface area contributed by atoms with Gasteiger partial charge in [-0.2, -0.15) is 0 Å². The summed E-state index contributed by atoms with van der Waals surface area (Å²) in [7, 11) is 3.26. The summed E-state index contributed by atoms with van der Waals surface area (Å²) in [6, 6.07) is 5.71. The van der Waals surface area contributed by atoms with Crippen LogP contribution in [0.15, 0.2) is 28.1 Å². The van der Waals surface area contributed by atoms with Crippen molar-refractivity contribution in [2.75, 3.05) is 14.2 Å². The monoisotopic (exact) mass is 265 g/mol. The molecule has 1 aliphatic heterocycles. The van der Waals surface area contributed by atoms with E-state index in [0.717, 1.165) is 22.0 Å². The molecule has 2 rings (SSSR count). The van der Waals surface area contributed by atoms with Gasteiger partial charge >= 0.3 is 0 Å². The van der Waals surface area contributed by atoms with E-state index in [1.807, 2.05) is 24.3 Å². The molecule has 5 heteroatoms. The van der Waals surface area contributed by atoms with Gasteiger partial charge in [0.2, 0.25) is 0 Å². The van der Waals surface area contributed by atoms with Crippen molar-refractivity contribution >= 4 is 40.6 Å². The molecule has 0 spiro atoms. The normalized spacial score (nSPS) is 16.6. The van der Waals surface area contributed by atoms with Gasteiger partial charge in [0.15, 0.2) is 4.32 Å². The lowest BCUT2D eigenvalue weighted by Crippen LogP contribution is -1.88. The molecule has 88 valence electrons. The van der Waals surface area contributed by atoms with Gasteiger partial charge in [-0.25, -0.2) is 4.99 Å². The SMILES string of the molecule is COc1cc(C=C2C=NC(=S)S2)cc(OC)c1. The first kappa shape index (κ1) is 12.1. The van der Waals surface area contributed by atoms with Crippen molar-refractivity contribution in [3.05, 3.63) is 28.7 Å². The molecule has 1 aliphatic rings. The smallest absolute Gasteiger partial charge is 0.164 e. The Morgan fingerprint density at radius 3 is 2.29 bits per heavy atom. The van der Waals surface area contributed by atoms with Crippen LogP contribution in [-0.2, 0) is 0 Å². The molecule has 1 aromatic rings. The topological polar surface area (TPSA) is 30.8 Å². The number of nitrogens with zero attached hydrogens (tertiary/aromatic N) is 1. The molecule has 1 aromatic carbocycles. The molecule has 0 N–H and O–H groups in total. The van der Waals surface area contributed by atoms with Gasteiger partial charge in [0.25, 0.3) is 0 Å². The predicted octanol–water partition coefficient (Wildman–Crippen LogP) is 3.15. The molecule has 0 fully saturated rings. The fraction of sp³-hybridized carbons (Fsp3) is 0.167. The second-order valence-electron chi connectivity index (χ2n) is 3.32. The number of aliphatic imine (C=N–C) groups is 1. The first-order valence-electron chi connectivity index (χ1n) is 4.92. The number of thioether (sulfide) groups is 1. The summed E-state index contributed by atoms with van der Waals surface area (Å²) < 4.78 is 11.1. The minimum absolute atomic E-state index is 0.645. The molecule has 0 saturated heterocycles. The van der Waals surface area contributed by atoms with Gasteiger partial charge in [0, 0.05) is 17.2 Å². The van der Waals surface area contributed by atoms with Crippen molar-refractivity contribution in [2.45, 2.75) is 0 Å². The Bertz CT molecular complexity index is 487. The molecule has 1 heterocycles. The van der Waals surface area contributed by atoms with Gasteiger partial charge in [-0.1, -0.05) is 24.0 Å². The first-order valence-corrected chi connectivity index (χ1v) is 6.14. The highest BCUT2D eigenvalue weighted by atomic mass is 32.2. The highest BCUT2D eigenvalue weighted by Crippen LogP contribution is 2.28.